The molecule has 4 nitrogen and oxygen atoms in total. The lowest BCUT2D eigenvalue weighted by atomic mass is 9.88. The number of methoxy groups -OCH3 is 1. The maximum Gasteiger partial charge on any atom is 0.227 e. The molecule has 1 fully saturated rings. The molecule has 26 heavy (non-hydrogen) atoms. The molecule has 0 saturated carbocycles. The molecule has 0 unspecified atom stereocenters. The molecule has 1 N–H and O–H groups in total. The van der Waals surface area contributed by atoms with Crippen molar-refractivity contribution in [2.45, 2.75) is 44.7 Å². The molecule has 2 aliphatic rings. The highest BCUT2D eigenvalue weighted by atomic mass is 16.5. The van der Waals surface area contributed by atoms with Crippen LogP contribution in [0.15, 0.2) is 42.5 Å². The minimum absolute atomic E-state index is 0.244. The lowest BCUT2D eigenvalue weighted by molar-refractivity contribution is -0.117. The second kappa shape index (κ2) is 7.50. The van der Waals surface area contributed by atoms with E-state index in [0.717, 1.165) is 50.2 Å². The highest BCUT2D eigenvalue weighted by Gasteiger charge is 2.22. The summed E-state index contributed by atoms with van der Waals surface area (Å²) < 4.78 is 5.33. The third-order valence-electron chi connectivity index (χ3n) is 5.56. The van der Waals surface area contributed by atoms with Gasteiger partial charge in [0.25, 0.3) is 0 Å². The Balaban J connectivity index is 1.33. The fourth-order valence-corrected chi connectivity index (χ4v) is 4.01. The van der Waals surface area contributed by atoms with Gasteiger partial charge in [0.1, 0.15) is 5.75 Å². The summed E-state index contributed by atoms with van der Waals surface area (Å²) in [7, 11) is 1.72. The van der Waals surface area contributed by atoms with Crippen molar-refractivity contribution in [3.8, 4) is 5.75 Å². The number of carbonyl (C=O) groups is 1. The van der Waals surface area contributed by atoms with Gasteiger partial charge < -0.3 is 15.0 Å². The van der Waals surface area contributed by atoms with Gasteiger partial charge in [-0.1, -0.05) is 18.2 Å². The molecule has 0 aromatic heterocycles. The van der Waals surface area contributed by atoms with Crippen LogP contribution in [0.5, 0.6) is 5.75 Å². The molecule has 136 valence electrons. The van der Waals surface area contributed by atoms with E-state index in [1.807, 2.05) is 4.90 Å². The Bertz CT molecular complexity index is 785. The summed E-state index contributed by atoms with van der Waals surface area (Å²) in [5.41, 5.74) is 5.14. The van der Waals surface area contributed by atoms with Gasteiger partial charge in [-0.3, -0.25) is 4.79 Å². The summed E-state index contributed by atoms with van der Waals surface area (Å²) in [6.45, 7) is 1.72. The number of hydrogen-bond acceptors (Lipinski definition) is 3. The van der Waals surface area contributed by atoms with Crippen molar-refractivity contribution < 1.29 is 9.53 Å². The van der Waals surface area contributed by atoms with Crippen LogP contribution in [0.3, 0.4) is 0 Å². The van der Waals surface area contributed by atoms with Crippen LogP contribution >= 0.6 is 0 Å². The zero-order chi connectivity index (χ0) is 17.9. The highest BCUT2D eigenvalue weighted by Crippen LogP contribution is 2.26. The van der Waals surface area contributed by atoms with E-state index >= 15 is 0 Å². The number of aryl methyl sites for hydroxylation is 1. The zero-order valence-corrected chi connectivity index (χ0v) is 15.3. The molecule has 0 radical (unpaired) electrons. The standard InChI is InChI=1S/C22H26N2O2/c1-26-21-11-7-17-13-19(8-6-18(17)14-21)23-15-16-4-9-20(10-5-16)24-12-2-3-22(24)25/h4-5,7,9-11,14,19,23H,2-3,6,8,12-13,15H2,1H3/t19-/m1/s1. The van der Waals surface area contributed by atoms with Crippen molar-refractivity contribution in [1.82, 2.24) is 5.32 Å². The lowest BCUT2D eigenvalue weighted by Gasteiger charge is -2.26. The third kappa shape index (κ3) is 3.61. The largest absolute Gasteiger partial charge is 0.497 e. The summed E-state index contributed by atoms with van der Waals surface area (Å²) in [4.78, 5) is 13.7. The molecule has 1 aliphatic carbocycles. The van der Waals surface area contributed by atoms with Gasteiger partial charge in [0.05, 0.1) is 7.11 Å². The Labute approximate surface area is 155 Å². The predicted molar refractivity (Wildman–Crippen MR) is 104 cm³/mol. The van der Waals surface area contributed by atoms with Crippen molar-refractivity contribution in [2.75, 3.05) is 18.6 Å². The Hall–Kier alpha value is -2.33. The fourth-order valence-electron chi connectivity index (χ4n) is 4.01. The molecular formula is C22H26N2O2. The monoisotopic (exact) mass is 350 g/mol. The smallest absolute Gasteiger partial charge is 0.227 e. The van der Waals surface area contributed by atoms with Crippen LogP contribution in [-0.2, 0) is 24.2 Å². The first-order chi connectivity index (χ1) is 12.7. The Morgan fingerprint density at radius 1 is 1.12 bits per heavy atom. The first-order valence-corrected chi connectivity index (χ1v) is 9.51. The van der Waals surface area contributed by atoms with Gasteiger partial charge in [-0.2, -0.15) is 0 Å². The van der Waals surface area contributed by atoms with Crippen molar-refractivity contribution >= 4 is 11.6 Å². The molecule has 0 spiro atoms. The lowest BCUT2D eigenvalue weighted by Crippen LogP contribution is -2.34. The van der Waals surface area contributed by atoms with E-state index in [2.05, 4.69) is 47.8 Å². The number of nitrogens with one attached hydrogen (secondary N) is 1. The van der Waals surface area contributed by atoms with Crippen molar-refractivity contribution in [1.29, 1.82) is 0 Å². The summed E-state index contributed by atoms with van der Waals surface area (Å²) in [6, 6.07) is 15.3. The van der Waals surface area contributed by atoms with Crippen LogP contribution in [0.1, 0.15) is 36.0 Å². The molecule has 0 bridgehead atoms. The zero-order valence-electron chi connectivity index (χ0n) is 15.3. The second-order valence-corrected chi connectivity index (χ2v) is 7.27. The van der Waals surface area contributed by atoms with Crippen LogP contribution in [-0.4, -0.2) is 25.6 Å². The Kier molecular flexibility index (Phi) is 4.93. The van der Waals surface area contributed by atoms with E-state index in [1.54, 1.807) is 7.11 Å². The predicted octanol–water partition coefficient (Wildman–Crippen LogP) is 3.47. The van der Waals surface area contributed by atoms with E-state index in [1.165, 1.54) is 16.7 Å². The molecule has 1 saturated heterocycles. The minimum Gasteiger partial charge on any atom is -0.497 e. The highest BCUT2D eigenvalue weighted by molar-refractivity contribution is 5.95. The van der Waals surface area contributed by atoms with Gasteiger partial charge in [0, 0.05) is 31.2 Å². The number of rotatable bonds is 5. The van der Waals surface area contributed by atoms with Gasteiger partial charge in [0.2, 0.25) is 5.91 Å². The third-order valence-corrected chi connectivity index (χ3v) is 5.56. The number of fused-ring (bicyclic) bond motifs is 1. The molecule has 2 aromatic carbocycles. The fraction of sp³-hybridized carbons (Fsp3) is 0.409. The average molecular weight is 350 g/mol. The number of ether oxygens (including phenoxy) is 1. The molecular weight excluding hydrogens is 324 g/mol. The van der Waals surface area contributed by atoms with E-state index < -0.39 is 0 Å². The Morgan fingerprint density at radius 3 is 2.69 bits per heavy atom. The summed E-state index contributed by atoms with van der Waals surface area (Å²) in [6.07, 6.45) is 4.97. The number of anilines is 1. The second-order valence-electron chi connectivity index (χ2n) is 7.27. The topological polar surface area (TPSA) is 41.6 Å². The van der Waals surface area contributed by atoms with Gasteiger partial charge in [-0.15, -0.1) is 0 Å². The number of amides is 1. The molecule has 2 aromatic rings. The Morgan fingerprint density at radius 2 is 1.96 bits per heavy atom. The summed E-state index contributed by atoms with van der Waals surface area (Å²) >= 11 is 0. The van der Waals surface area contributed by atoms with Crippen molar-refractivity contribution in [2.24, 2.45) is 0 Å². The van der Waals surface area contributed by atoms with Crippen molar-refractivity contribution in [3.63, 3.8) is 0 Å². The van der Waals surface area contributed by atoms with E-state index in [0.29, 0.717) is 12.5 Å². The minimum atomic E-state index is 0.244. The molecule has 1 atom stereocenters. The van der Waals surface area contributed by atoms with Crippen LogP contribution < -0.4 is 15.0 Å². The maximum absolute atomic E-state index is 11.8. The molecule has 1 amide bonds. The average Bonchev–Trinajstić information content (AvgIpc) is 3.12. The van der Waals surface area contributed by atoms with Gasteiger partial charge in [-0.25, -0.2) is 0 Å². The number of benzene rings is 2. The van der Waals surface area contributed by atoms with E-state index in [9.17, 15) is 4.79 Å². The van der Waals surface area contributed by atoms with Crippen molar-refractivity contribution in [3.05, 3.63) is 59.2 Å². The first kappa shape index (κ1) is 17.1. The maximum atomic E-state index is 11.8. The molecule has 4 rings (SSSR count). The summed E-state index contributed by atoms with van der Waals surface area (Å²) in [5, 5.41) is 3.69. The van der Waals surface area contributed by atoms with E-state index in [-0.39, 0.29) is 5.91 Å². The number of nitrogens with zero attached hydrogens (tertiary/aromatic N) is 1. The number of carbonyl (C=O) groups excluding carboxylic acids is 1. The van der Waals surface area contributed by atoms with Crippen LogP contribution in [0.4, 0.5) is 5.69 Å². The van der Waals surface area contributed by atoms with Crippen LogP contribution in [0, 0.1) is 0 Å². The van der Waals surface area contributed by atoms with Gasteiger partial charge >= 0.3 is 0 Å². The van der Waals surface area contributed by atoms with Crippen LogP contribution in [0.2, 0.25) is 0 Å². The molecule has 1 aliphatic heterocycles. The first-order valence-electron chi connectivity index (χ1n) is 9.51. The number of hydrogen-bond donors (Lipinski definition) is 1. The van der Waals surface area contributed by atoms with Gasteiger partial charge in [-0.05, 0) is 66.6 Å². The van der Waals surface area contributed by atoms with Gasteiger partial charge in [0.15, 0.2) is 0 Å². The summed E-state index contributed by atoms with van der Waals surface area (Å²) in [5.74, 6) is 1.19. The normalized spacial score (nSPS) is 19.5. The SMILES string of the molecule is COc1ccc2c(c1)CC[C@@H](NCc1ccc(N3CCCC3=O)cc1)C2. The quantitative estimate of drug-likeness (QED) is 0.898. The molecule has 4 heteroatoms. The van der Waals surface area contributed by atoms with Crippen LogP contribution in [0.25, 0.3) is 0 Å². The molecule has 1 heterocycles. The van der Waals surface area contributed by atoms with E-state index in [4.69, 9.17) is 4.74 Å².